The van der Waals surface area contributed by atoms with E-state index in [1.165, 1.54) is 10.8 Å². The molecular formula is C22H19N5O. The second kappa shape index (κ2) is 6.88. The molecule has 0 radical (unpaired) electrons. The second-order valence-corrected chi connectivity index (χ2v) is 7.10. The van der Waals surface area contributed by atoms with Gasteiger partial charge in [-0.15, -0.1) is 0 Å². The summed E-state index contributed by atoms with van der Waals surface area (Å²) in [5.41, 5.74) is 1.67. The monoisotopic (exact) mass is 369 g/mol. The van der Waals surface area contributed by atoms with Gasteiger partial charge in [0.15, 0.2) is 0 Å². The van der Waals surface area contributed by atoms with Gasteiger partial charge >= 0.3 is 0 Å². The lowest BCUT2D eigenvalue weighted by Crippen LogP contribution is -2.50. The lowest BCUT2D eigenvalue weighted by Gasteiger charge is -2.40. The fourth-order valence-corrected chi connectivity index (χ4v) is 3.71. The van der Waals surface area contributed by atoms with E-state index in [2.05, 4.69) is 32.1 Å². The minimum absolute atomic E-state index is 0.0699. The van der Waals surface area contributed by atoms with Crippen molar-refractivity contribution in [3.05, 3.63) is 83.5 Å². The maximum Gasteiger partial charge on any atom is 0.266 e. The number of rotatable bonds is 4. The van der Waals surface area contributed by atoms with Crippen LogP contribution in [0.15, 0.2) is 78.0 Å². The van der Waals surface area contributed by atoms with Gasteiger partial charge in [0.05, 0.1) is 12.2 Å². The Labute approximate surface area is 162 Å². The molecule has 0 unspecified atom stereocenters. The summed E-state index contributed by atoms with van der Waals surface area (Å²) in [6, 6.07) is 17.5. The van der Waals surface area contributed by atoms with Crippen LogP contribution in [0.25, 0.3) is 22.0 Å². The van der Waals surface area contributed by atoms with Crippen LogP contribution in [-0.2, 0) is 6.54 Å². The van der Waals surface area contributed by atoms with Gasteiger partial charge in [-0.3, -0.25) is 9.78 Å². The molecule has 1 aromatic carbocycles. The first-order chi connectivity index (χ1) is 13.8. The summed E-state index contributed by atoms with van der Waals surface area (Å²) < 4.78 is 1.58. The molecule has 1 saturated heterocycles. The quantitative estimate of drug-likeness (QED) is 0.553. The Kier molecular flexibility index (Phi) is 4.09. The van der Waals surface area contributed by atoms with Gasteiger partial charge < -0.3 is 4.90 Å². The van der Waals surface area contributed by atoms with Gasteiger partial charge in [0.2, 0.25) is 0 Å². The molecule has 0 aliphatic carbocycles. The summed E-state index contributed by atoms with van der Waals surface area (Å²) in [6.07, 6.45) is 5.32. The number of hydrogen-bond acceptors (Lipinski definition) is 5. The van der Waals surface area contributed by atoms with Gasteiger partial charge in [-0.2, -0.15) is 5.10 Å². The van der Waals surface area contributed by atoms with Gasteiger partial charge in [0.25, 0.3) is 5.56 Å². The summed E-state index contributed by atoms with van der Waals surface area (Å²) in [5, 5.41) is 6.91. The third-order valence-electron chi connectivity index (χ3n) is 5.18. The largest absolute Gasteiger partial charge is 0.355 e. The van der Waals surface area contributed by atoms with Gasteiger partial charge in [-0.25, -0.2) is 9.67 Å². The van der Waals surface area contributed by atoms with E-state index < -0.39 is 0 Å². The summed E-state index contributed by atoms with van der Waals surface area (Å²) >= 11 is 0. The molecule has 6 heteroatoms. The number of nitrogens with zero attached hydrogens (tertiary/aromatic N) is 5. The molecule has 6 nitrogen and oxygen atoms in total. The number of benzene rings is 1. The fraction of sp³-hybridized carbons (Fsp3) is 0.182. The molecule has 0 N–H and O–H groups in total. The summed E-state index contributed by atoms with van der Waals surface area (Å²) in [5.74, 6) is 1.39. The first-order valence-corrected chi connectivity index (χ1v) is 9.35. The Morgan fingerprint density at radius 3 is 2.61 bits per heavy atom. The highest BCUT2D eigenvalue weighted by Gasteiger charge is 2.29. The number of fused-ring (bicyclic) bond motifs is 1. The highest BCUT2D eigenvalue weighted by Crippen LogP contribution is 2.30. The third kappa shape index (κ3) is 3.03. The summed E-state index contributed by atoms with van der Waals surface area (Å²) in [7, 11) is 0. The predicted molar refractivity (Wildman–Crippen MR) is 109 cm³/mol. The smallest absolute Gasteiger partial charge is 0.266 e. The van der Waals surface area contributed by atoms with Crippen molar-refractivity contribution in [2.75, 3.05) is 18.0 Å². The molecule has 0 atom stereocenters. The van der Waals surface area contributed by atoms with E-state index in [-0.39, 0.29) is 5.56 Å². The molecule has 0 amide bonds. The van der Waals surface area contributed by atoms with Crippen molar-refractivity contribution in [3.63, 3.8) is 0 Å². The molecule has 0 bridgehead atoms. The average Bonchev–Trinajstić information content (AvgIpc) is 2.72. The first-order valence-electron chi connectivity index (χ1n) is 9.35. The fourth-order valence-electron chi connectivity index (χ4n) is 3.71. The number of aromatic nitrogens is 4. The maximum atomic E-state index is 12.3. The van der Waals surface area contributed by atoms with Crippen molar-refractivity contribution in [1.29, 1.82) is 0 Å². The van der Waals surface area contributed by atoms with Crippen molar-refractivity contribution in [3.8, 4) is 11.3 Å². The van der Waals surface area contributed by atoms with Crippen molar-refractivity contribution in [2.24, 2.45) is 5.92 Å². The van der Waals surface area contributed by atoms with E-state index in [4.69, 9.17) is 0 Å². The van der Waals surface area contributed by atoms with Crippen LogP contribution in [0, 0.1) is 5.92 Å². The van der Waals surface area contributed by atoms with Crippen LogP contribution in [0.5, 0.6) is 0 Å². The predicted octanol–water partition coefficient (Wildman–Crippen LogP) is 2.99. The third-order valence-corrected chi connectivity index (χ3v) is 5.18. The number of pyridine rings is 2. The zero-order valence-electron chi connectivity index (χ0n) is 15.3. The standard InChI is InChI=1S/C22H19N5O/c28-21-6-5-20(18-7-10-23-11-8-18)25-27(21)15-16-13-26(14-16)22-19-4-2-1-3-17(19)9-12-24-22/h1-12,16H,13-15H2. The van der Waals surface area contributed by atoms with E-state index in [9.17, 15) is 4.79 Å². The topological polar surface area (TPSA) is 63.9 Å². The molecule has 28 heavy (non-hydrogen) atoms. The van der Waals surface area contributed by atoms with Crippen LogP contribution < -0.4 is 10.5 Å². The van der Waals surface area contributed by atoms with E-state index in [0.29, 0.717) is 12.5 Å². The van der Waals surface area contributed by atoms with Crippen molar-refractivity contribution in [2.45, 2.75) is 6.54 Å². The Hall–Kier alpha value is -3.54. The van der Waals surface area contributed by atoms with E-state index in [1.807, 2.05) is 36.5 Å². The molecule has 138 valence electrons. The normalized spacial score (nSPS) is 14.2. The molecule has 1 aliphatic rings. The molecular weight excluding hydrogens is 350 g/mol. The van der Waals surface area contributed by atoms with Crippen molar-refractivity contribution in [1.82, 2.24) is 19.7 Å². The van der Waals surface area contributed by atoms with Crippen LogP contribution in [0.1, 0.15) is 0 Å². The molecule has 0 spiro atoms. The van der Waals surface area contributed by atoms with Gasteiger partial charge in [-0.1, -0.05) is 24.3 Å². The second-order valence-electron chi connectivity index (χ2n) is 7.10. The van der Waals surface area contributed by atoms with Crippen molar-refractivity contribution >= 4 is 16.6 Å². The molecule has 3 aromatic heterocycles. The molecule has 1 fully saturated rings. The van der Waals surface area contributed by atoms with Gasteiger partial charge in [0.1, 0.15) is 5.82 Å². The van der Waals surface area contributed by atoms with Crippen LogP contribution in [0.3, 0.4) is 0 Å². The van der Waals surface area contributed by atoms with Gasteiger partial charge in [0, 0.05) is 54.6 Å². The van der Waals surface area contributed by atoms with Crippen molar-refractivity contribution < 1.29 is 0 Å². The maximum absolute atomic E-state index is 12.3. The van der Waals surface area contributed by atoms with Crippen LogP contribution >= 0.6 is 0 Å². The molecule has 4 heterocycles. The number of anilines is 1. The minimum atomic E-state index is -0.0699. The number of hydrogen-bond donors (Lipinski definition) is 0. The summed E-state index contributed by atoms with van der Waals surface area (Å²) in [6.45, 7) is 2.35. The lowest BCUT2D eigenvalue weighted by atomic mass is 9.99. The lowest BCUT2D eigenvalue weighted by molar-refractivity contribution is 0.334. The molecule has 5 rings (SSSR count). The molecule has 1 aliphatic heterocycles. The zero-order chi connectivity index (χ0) is 18.9. The SMILES string of the molecule is O=c1ccc(-c2ccncc2)nn1CC1CN(c2nccc3ccccc23)C1. The Morgan fingerprint density at radius 2 is 1.75 bits per heavy atom. The Morgan fingerprint density at radius 1 is 0.929 bits per heavy atom. The van der Waals surface area contributed by atoms with Gasteiger partial charge in [-0.05, 0) is 29.7 Å². The minimum Gasteiger partial charge on any atom is -0.355 e. The highest BCUT2D eigenvalue weighted by molar-refractivity contribution is 5.92. The average molecular weight is 369 g/mol. The van der Waals surface area contributed by atoms with Crippen LogP contribution in [0.4, 0.5) is 5.82 Å². The van der Waals surface area contributed by atoms with E-state index >= 15 is 0 Å². The van der Waals surface area contributed by atoms with Crippen LogP contribution in [0.2, 0.25) is 0 Å². The Bertz CT molecular complexity index is 1180. The molecule has 4 aromatic rings. The first kappa shape index (κ1) is 16.6. The Balaban J connectivity index is 1.33. The van der Waals surface area contributed by atoms with E-state index in [0.717, 1.165) is 30.2 Å². The highest BCUT2D eigenvalue weighted by atomic mass is 16.1. The van der Waals surface area contributed by atoms with E-state index in [1.54, 1.807) is 29.2 Å². The molecule has 0 saturated carbocycles. The zero-order valence-corrected chi connectivity index (χ0v) is 15.3. The van der Waals surface area contributed by atoms with Crippen LogP contribution in [-0.4, -0.2) is 32.8 Å². The summed E-state index contributed by atoms with van der Waals surface area (Å²) in [4.78, 5) is 23.1.